The minimum absolute atomic E-state index is 0.0206. The van der Waals surface area contributed by atoms with Gasteiger partial charge in [-0.05, 0) is 64.0 Å². The topological polar surface area (TPSA) is 96.4 Å². The van der Waals surface area contributed by atoms with Crippen LogP contribution in [0, 0.1) is 0 Å². The number of nitrogens with one attached hydrogen (secondary N) is 2. The third-order valence-electron chi connectivity index (χ3n) is 6.08. The van der Waals surface area contributed by atoms with E-state index in [2.05, 4.69) is 20.6 Å². The maximum Gasteiger partial charge on any atom is 0.225 e. The molecular formula is C21H30N4O3S. The summed E-state index contributed by atoms with van der Waals surface area (Å²) < 4.78 is 6.37. The molecule has 2 heterocycles. The molecule has 0 radical (unpaired) electrons. The third kappa shape index (κ3) is 4.54. The van der Waals surface area contributed by atoms with Crippen molar-refractivity contribution >= 4 is 27.5 Å². The molecule has 8 heteroatoms. The molecule has 1 amide bonds. The minimum atomic E-state index is -0.536. The number of amides is 1. The van der Waals surface area contributed by atoms with Crippen molar-refractivity contribution in [3.05, 3.63) is 16.8 Å². The molecule has 158 valence electrons. The fourth-order valence-corrected chi connectivity index (χ4v) is 5.75. The van der Waals surface area contributed by atoms with Crippen molar-refractivity contribution in [1.82, 2.24) is 20.6 Å². The summed E-state index contributed by atoms with van der Waals surface area (Å²) in [5.74, 6) is 0.811. The summed E-state index contributed by atoms with van der Waals surface area (Å²) in [6.07, 6.45) is 7.86. The largest absolute Gasteiger partial charge is 0.474 e. The Kier molecular flexibility index (Phi) is 6.32. The summed E-state index contributed by atoms with van der Waals surface area (Å²) in [5.41, 5.74) is 1.21. The molecule has 0 aliphatic heterocycles. The van der Waals surface area contributed by atoms with E-state index in [1.807, 2.05) is 7.05 Å². The van der Waals surface area contributed by atoms with Gasteiger partial charge in [-0.2, -0.15) is 0 Å². The van der Waals surface area contributed by atoms with Gasteiger partial charge in [-0.15, -0.1) is 11.3 Å². The van der Waals surface area contributed by atoms with Crippen molar-refractivity contribution in [2.75, 3.05) is 13.6 Å². The Balaban J connectivity index is 1.53. The first kappa shape index (κ1) is 20.5. The highest BCUT2D eigenvalue weighted by Crippen LogP contribution is 2.47. The first-order chi connectivity index (χ1) is 14.0. The second kappa shape index (κ2) is 8.93. The van der Waals surface area contributed by atoms with Crippen LogP contribution in [0.3, 0.4) is 0 Å². The number of hydrogen-bond donors (Lipinski definition) is 3. The lowest BCUT2D eigenvalue weighted by atomic mass is 9.93. The van der Waals surface area contributed by atoms with Crippen LogP contribution in [0.4, 0.5) is 0 Å². The van der Waals surface area contributed by atoms with Crippen molar-refractivity contribution in [3.8, 4) is 5.88 Å². The third-order valence-corrected chi connectivity index (χ3v) is 7.26. The van der Waals surface area contributed by atoms with E-state index >= 15 is 0 Å². The molecule has 3 N–H and O–H groups in total. The zero-order valence-corrected chi connectivity index (χ0v) is 17.9. The molecule has 0 bridgehead atoms. The second-order valence-corrected chi connectivity index (χ2v) is 9.35. The zero-order valence-electron chi connectivity index (χ0n) is 17.1. The van der Waals surface area contributed by atoms with Gasteiger partial charge in [0.25, 0.3) is 0 Å². The predicted molar refractivity (Wildman–Crippen MR) is 114 cm³/mol. The standard InChI is InChI=1S/C21H30N4O3S/c1-12(26)10-23-17(27)9-13-3-8-16-18(13)19-20(24-11-25-21(19)29-16)28-15-6-4-14(22-2)5-7-15/h11-15,22,26H,3-10H2,1-2H3,(H,23,27)/t12-,13-,14-,15-/m1/s1. The van der Waals surface area contributed by atoms with Gasteiger partial charge in [0.05, 0.1) is 11.5 Å². The monoisotopic (exact) mass is 418 g/mol. The van der Waals surface area contributed by atoms with Crippen LogP contribution in [0.15, 0.2) is 6.33 Å². The number of rotatable bonds is 7. The lowest BCUT2D eigenvalue weighted by molar-refractivity contribution is -0.121. The van der Waals surface area contributed by atoms with E-state index in [4.69, 9.17) is 4.74 Å². The van der Waals surface area contributed by atoms with Crippen molar-refractivity contribution in [2.24, 2.45) is 0 Å². The SMILES string of the molecule is CN[C@H]1CC[C@H](Oc2ncnc3sc4c(c23)[C@@H](CC(=O)NC[C@@H](C)O)CC4)CC1. The van der Waals surface area contributed by atoms with Gasteiger partial charge in [0, 0.05) is 23.9 Å². The van der Waals surface area contributed by atoms with Crippen LogP contribution in [-0.2, 0) is 11.2 Å². The van der Waals surface area contributed by atoms with Gasteiger partial charge in [0.1, 0.15) is 17.3 Å². The Morgan fingerprint density at radius 2 is 2.10 bits per heavy atom. The van der Waals surface area contributed by atoms with Crippen LogP contribution in [0.5, 0.6) is 5.88 Å². The molecule has 7 nitrogen and oxygen atoms in total. The van der Waals surface area contributed by atoms with Gasteiger partial charge >= 0.3 is 0 Å². The van der Waals surface area contributed by atoms with Gasteiger partial charge in [0.2, 0.25) is 11.8 Å². The summed E-state index contributed by atoms with van der Waals surface area (Å²) in [7, 11) is 2.02. The number of ether oxygens (including phenoxy) is 1. The summed E-state index contributed by atoms with van der Waals surface area (Å²) in [5, 5.41) is 16.6. The highest BCUT2D eigenvalue weighted by Gasteiger charge is 2.32. The fourth-order valence-electron chi connectivity index (χ4n) is 4.52. The lowest BCUT2D eigenvalue weighted by Gasteiger charge is -2.28. The van der Waals surface area contributed by atoms with E-state index in [1.54, 1.807) is 24.6 Å². The molecule has 29 heavy (non-hydrogen) atoms. The number of aromatic nitrogens is 2. The van der Waals surface area contributed by atoms with E-state index in [0.29, 0.717) is 18.3 Å². The van der Waals surface area contributed by atoms with Gasteiger partial charge in [-0.1, -0.05) is 0 Å². The molecule has 2 aliphatic rings. The van der Waals surface area contributed by atoms with Crippen LogP contribution >= 0.6 is 11.3 Å². The zero-order chi connectivity index (χ0) is 20.4. The number of nitrogens with zero attached hydrogens (tertiary/aromatic N) is 2. The number of aliphatic hydroxyl groups is 1. The van der Waals surface area contributed by atoms with E-state index in [0.717, 1.165) is 48.7 Å². The van der Waals surface area contributed by atoms with Crippen molar-refractivity contribution in [2.45, 2.75) is 76.0 Å². The Labute approximate surface area is 175 Å². The maximum absolute atomic E-state index is 12.3. The van der Waals surface area contributed by atoms with E-state index in [9.17, 15) is 9.90 Å². The van der Waals surface area contributed by atoms with E-state index < -0.39 is 6.10 Å². The molecule has 1 saturated carbocycles. The minimum Gasteiger partial charge on any atom is -0.474 e. The molecule has 4 rings (SSSR count). The molecule has 0 spiro atoms. The highest BCUT2D eigenvalue weighted by atomic mass is 32.1. The smallest absolute Gasteiger partial charge is 0.225 e. The average molecular weight is 419 g/mol. The number of carbonyl (C=O) groups excluding carboxylic acids is 1. The molecule has 0 saturated heterocycles. The molecule has 0 unspecified atom stereocenters. The fraction of sp³-hybridized carbons (Fsp3) is 0.667. The first-order valence-electron chi connectivity index (χ1n) is 10.6. The van der Waals surface area contributed by atoms with E-state index in [1.165, 1.54) is 10.4 Å². The summed E-state index contributed by atoms with van der Waals surface area (Å²) in [6, 6.07) is 0.579. The Bertz CT molecular complexity index is 861. The van der Waals surface area contributed by atoms with Crippen LogP contribution in [0.25, 0.3) is 10.2 Å². The predicted octanol–water partition coefficient (Wildman–Crippen LogP) is 2.52. The van der Waals surface area contributed by atoms with Crippen LogP contribution in [0.1, 0.15) is 61.8 Å². The average Bonchev–Trinajstić information content (AvgIpc) is 3.27. The van der Waals surface area contributed by atoms with Gasteiger partial charge in [0.15, 0.2) is 0 Å². The van der Waals surface area contributed by atoms with Crippen LogP contribution < -0.4 is 15.4 Å². The first-order valence-corrected chi connectivity index (χ1v) is 11.4. The Morgan fingerprint density at radius 3 is 2.83 bits per heavy atom. The summed E-state index contributed by atoms with van der Waals surface area (Å²) in [4.78, 5) is 23.6. The molecule has 0 aromatic carbocycles. The molecule has 2 aromatic rings. The van der Waals surface area contributed by atoms with Gasteiger partial charge in [-0.3, -0.25) is 4.79 Å². The molecule has 2 aromatic heterocycles. The number of aliphatic hydroxyl groups excluding tert-OH is 1. The summed E-state index contributed by atoms with van der Waals surface area (Å²) >= 11 is 1.70. The Morgan fingerprint density at radius 1 is 1.31 bits per heavy atom. The van der Waals surface area contributed by atoms with Crippen molar-refractivity contribution in [3.63, 3.8) is 0 Å². The Hall–Kier alpha value is -1.77. The lowest BCUT2D eigenvalue weighted by Crippen LogP contribution is -2.34. The molecular weight excluding hydrogens is 388 g/mol. The van der Waals surface area contributed by atoms with Crippen molar-refractivity contribution < 1.29 is 14.6 Å². The van der Waals surface area contributed by atoms with Crippen LogP contribution in [-0.4, -0.2) is 52.8 Å². The summed E-state index contributed by atoms with van der Waals surface area (Å²) in [6.45, 7) is 1.96. The second-order valence-electron chi connectivity index (χ2n) is 8.27. The number of carbonyl (C=O) groups is 1. The van der Waals surface area contributed by atoms with E-state index in [-0.39, 0.29) is 24.5 Å². The molecule has 1 fully saturated rings. The normalized spacial score (nSPS) is 25.0. The van der Waals surface area contributed by atoms with Crippen molar-refractivity contribution in [1.29, 1.82) is 0 Å². The number of thiophene rings is 1. The molecule has 2 aliphatic carbocycles. The number of aryl methyl sites for hydroxylation is 1. The maximum atomic E-state index is 12.3. The number of hydrogen-bond acceptors (Lipinski definition) is 7. The number of fused-ring (bicyclic) bond motifs is 3. The molecule has 2 atom stereocenters. The highest BCUT2D eigenvalue weighted by molar-refractivity contribution is 7.19. The van der Waals surface area contributed by atoms with Gasteiger partial charge < -0.3 is 20.5 Å². The van der Waals surface area contributed by atoms with Gasteiger partial charge in [-0.25, -0.2) is 9.97 Å². The van der Waals surface area contributed by atoms with Crippen LogP contribution in [0.2, 0.25) is 0 Å². The quantitative estimate of drug-likeness (QED) is 0.639.